The maximum atomic E-state index is 13.7. The van der Waals surface area contributed by atoms with E-state index >= 15 is 0 Å². The molecule has 1 atom stereocenters. The Balaban J connectivity index is 2.03. The molecule has 0 fully saturated rings. The minimum absolute atomic E-state index is 0.0110. The number of pyridine rings is 1. The number of alkyl halides is 6. The zero-order valence-electron chi connectivity index (χ0n) is 18.9. The summed E-state index contributed by atoms with van der Waals surface area (Å²) in [4.78, 5) is 16.8. The number of anilines is 1. The molecule has 0 saturated carbocycles. The van der Waals surface area contributed by atoms with E-state index in [9.17, 15) is 31.1 Å². The largest absolute Gasteiger partial charge is 0.418 e. The number of nitrogens with one attached hydrogen (secondary N) is 2. The number of rotatable bonds is 6. The summed E-state index contributed by atoms with van der Waals surface area (Å²) in [6.07, 6.45) is -7.09. The second kappa shape index (κ2) is 10.4. The van der Waals surface area contributed by atoms with Crippen LogP contribution in [0.25, 0.3) is 0 Å². The minimum Gasteiger partial charge on any atom is -0.325 e. The van der Waals surface area contributed by atoms with Gasteiger partial charge >= 0.3 is 18.4 Å². The lowest BCUT2D eigenvalue weighted by molar-refractivity contribution is -0.139. The van der Waals surface area contributed by atoms with Gasteiger partial charge in [-0.3, -0.25) is 4.98 Å². The van der Waals surface area contributed by atoms with E-state index in [4.69, 9.17) is 0 Å². The summed E-state index contributed by atoms with van der Waals surface area (Å²) in [6.45, 7) is 3.79. The summed E-state index contributed by atoms with van der Waals surface area (Å²) < 4.78 is 80.2. The quantitative estimate of drug-likeness (QED) is 0.357. The summed E-state index contributed by atoms with van der Waals surface area (Å²) in [7, 11) is 0. The highest BCUT2D eigenvalue weighted by Gasteiger charge is 2.37. The standard InChI is InChI=1S/C25H23F6N3O/c1-3-15-7-5-8-16(4-2)20(15)33-23(35)34-21(17-10-12-18(13-11-17)24(26,27)28)22-19(25(29,30)31)9-6-14-32-22/h5-14,21H,3-4H2,1-2H3,(H2,33,34,35)/t21-/m0/s1. The molecule has 2 aromatic carbocycles. The first-order valence-electron chi connectivity index (χ1n) is 10.8. The van der Waals surface area contributed by atoms with Crippen LogP contribution in [-0.4, -0.2) is 11.0 Å². The summed E-state index contributed by atoms with van der Waals surface area (Å²) in [5, 5.41) is 5.18. The molecule has 0 radical (unpaired) electrons. The van der Waals surface area contributed by atoms with Crippen molar-refractivity contribution < 1.29 is 31.1 Å². The van der Waals surface area contributed by atoms with Crippen molar-refractivity contribution >= 4 is 11.7 Å². The van der Waals surface area contributed by atoms with Crippen LogP contribution < -0.4 is 10.6 Å². The van der Waals surface area contributed by atoms with Gasteiger partial charge in [-0.15, -0.1) is 0 Å². The Morgan fingerprint density at radius 1 is 0.857 bits per heavy atom. The number of para-hydroxylation sites is 1. The maximum Gasteiger partial charge on any atom is 0.418 e. The molecule has 3 aromatic rings. The summed E-state index contributed by atoms with van der Waals surface area (Å²) in [6, 6.07) is 8.67. The average Bonchev–Trinajstić information content (AvgIpc) is 2.81. The third-order valence-corrected chi connectivity index (χ3v) is 5.50. The zero-order chi connectivity index (χ0) is 25.8. The van der Waals surface area contributed by atoms with Gasteiger partial charge in [0.15, 0.2) is 0 Å². The first-order chi connectivity index (χ1) is 16.5. The highest BCUT2D eigenvalue weighted by Crippen LogP contribution is 2.36. The monoisotopic (exact) mass is 495 g/mol. The van der Waals surface area contributed by atoms with Crippen LogP contribution in [0.5, 0.6) is 0 Å². The van der Waals surface area contributed by atoms with Crippen LogP contribution >= 0.6 is 0 Å². The third kappa shape index (κ3) is 6.12. The van der Waals surface area contributed by atoms with Gasteiger partial charge in [-0.2, -0.15) is 26.3 Å². The number of amides is 2. The molecule has 10 heteroatoms. The molecule has 35 heavy (non-hydrogen) atoms. The molecule has 3 rings (SSSR count). The zero-order valence-corrected chi connectivity index (χ0v) is 18.9. The van der Waals surface area contributed by atoms with Crippen molar-refractivity contribution in [3.63, 3.8) is 0 Å². The summed E-state index contributed by atoms with van der Waals surface area (Å²) in [5.74, 6) is 0. The number of carbonyl (C=O) groups excluding carboxylic acids is 1. The van der Waals surface area contributed by atoms with Gasteiger partial charge in [-0.1, -0.05) is 44.2 Å². The van der Waals surface area contributed by atoms with E-state index in [2.05, 4.69) is 15.6 Å². The predicted molar refractivity (Wildman–Crippen MR) is 120 cm³/mol. The van der Waals surface area contributed by atoms with Crippen molar-refractivity contribution in [1.82, 2.24) is 10.3 Å². The van der Waals surface area contributed by atoms with Crippen LogP contribution in [0.1, 0.15) is 53.4 Å². The molecule has 1 aromatic heterocycles. The fourth-order valence-electron chi connectivity index (χ4n) is 3.75. The van der Waals surface area contributed by atoms with Gasteiger partial charge in [0.05, 0.1) is 22.9 Å². The molecule has 186 valence electrons. The van der Waals surface area contributed by atoms with Gasteiger partial charge in [0.1, 0.15) is 0 Å². The van der Waals surface area contributed by atoms with Gasteiger partial charge in [0.25, 0.3) is 0 Å². The Labute approximate surface area is 198 Å². The number of benzene rings is 2. The van der Waals surface area contributed by atoms with Crippen molar-refractivity contribution in [2.45, 2.75) is 45.1 Å². The van der Waals surface area contributed by atoms with Gasteiger partial charge in [-0.05, 0) is 53.8 Å². The molecule has 0 aliphatic heterocycles. The number of urea groups is 1. The smallest absolute Gasteiger partial charge is 0.325 e. The van der Waals surface area contributed by atoms with Crippen LogP contribution in [0.4, 0.5) is 36.8 Å². The summed E-state index contributed by atoms with van der Waals surface area (Å²) in [5.41, 5.74) is -0.386. The number of halogens is 6. The predicted octanol–water partition coefficient (Wildman–Crippen LogP) is 7.16. The van der Waals surface area contributed by atoms with Crippen molar-refractivity contribution in [3.8, 4) is 0 Å². The molecule has 2 N–H and O–H groups in total. The van der Waals surface area contributed by atoms with E-state index < -0.39 is 41.2 Å². The second-order valence-corrected chi connectivity index (χ2v) is 7.74. The van der Waals surface area contributed by atoms with Gasteiger partial charge in [-0.25, -0.2) is 4.79 Å². The Kier molecular flexibility index (Phi) is 7.72. The molecular weight excluding hydrogens is 472 g/mol. The lowest BCUT2D eigenvalue weighted by Crippen LogP contribution is -2.35. The highest BCUT2D eigenvalue weighted by molar-refractivity contribution is 5.91. The van der Waals surface area contributed by atoms with Crippen molar-refractivity contribution in [2.75, 3.05) is 5.32 Å². The molecular formula is C25H23F6N3O. The molecule has 1 heterocycles. The molecule has 0 aliphatic rings. The first kappa shape index (κ1) is 26.1. The number of hydrogen-bond donors (Lipinski definition) is 2. The lowest BCUT2D eigenvalue weighted by Gasteiger charge is -2.24. The average molecular weight is 495 g/mol. The Bertz CT molecular complexity index is 1150. The molecule has 0 unspecified atom stereocenters. The van der Waals surface area contributed by atoms with Crippen LogP contribution in [0.15, 0.2) is 60.8 Å². The molecule has 0 saturated heterocycles. The van der Waals surface area contributed by atoms with E-state index in [0.717, 1.165) is 53.7 Å². The summed E-state index contributed by atoms with van der Waals surface area (Å²) >= 11 is 0. The van der Waals surface area contributed by atoms with E-state index in [0.29, 0.717) is 18.5 Å². The van der Waals surface area contributed by atoms with Crippen molar-refractivity contribution in [3.05, 3.63) is 94.3 Å². The van der Waals surface area contributed by atoms with Crippen LogP contribution in [0, 0.1) is 0 Å². The molecule has 0 bridgehead atoms. The van der Waals surface area contributed by atoms with Gasteiger partial charge < -0.3 is 10.6 Å². The molecule has 0 aliphatic carbocycles. The van der Waals surface area contributed by atoms with Gasteiger partial charge in [0, 0.05) is 11.9 Å². The number of carbonyl (C=O) groups is 1. The van der Waals surface area contributed by atoms with Crippen LogP contribution in [-0.2, 0) is 25.2 Å². The lowest BCUT2D eigenvalue weighted by atomic mass is 9.97. The first-order valence-corrected chi connectivity index (χ1v) is 10.8. The second-order valence-electron chi connectivity index (χ2n) is 7.74. The van der Waals surface area contributed by atoms with E-state index in [1.807, 2.05) is 32.0 Å². The maximum absolute atomic E-state index is 13.7. The third-order valence-electron chi connectivity index (χ3n) is 5.50. The normalized spacial score (nSPS) is 12.8. The Hall–Kier alpha value is -3.56. The number of hydrogen-bond acceptors (Lipinski definition) is 2. The highest BCUT2D eigenvalue weighted by atomic mass is 19.4. The molecule has 4 nitrogen and oxygen atoms in total. The van der Waals surface area contributed by atoms with Crippen molar-refractivity contribution in [1.29, 1.82) is 0 Å². The minimum atomic E-state index is -4.80. The fraction of sp³-hybridized carbons (Fsp3) is 0.280. The number of aromatic nitrogens is 1. The van der Waals surface area contributed by atoms with E-state index in [1.54, 1.807) is 0 Å². The Morgan fingerprint density at radius 2 is 1.46 bits per heavy atom. The SMILES string of the molecule is CCc1cccc(CC)c1NC(=O)N[C@@H](c1ccc(C(F)(F)F)cc1)c1ncccc1C(F)(F)F. The van der Waals surface area contributed by atoms with E-state index in [1.165, 1.54) is 0 Å². The van der Waals surface area contributed by atoms with E-state index in [-0.39, 0.29) is 5.56 Å². The van der Waals surface area contributed by atoms with Crippen LogP contribution in [0.2, 0.25) is 0 Å². The van der Waals surface area contributed by atoms with Gasteiger partial charge in [0.2, 0.25) is 0 Å². The van der Waals surface area contributed by atoms with Crippen LogP contribution in [0.3, 0.4) is 0 Å². The van der Waals surface area contributed by atoms with Crippen molar-refractivity contribution in [2.24, 2.45) is 0 Å². The fourth-order valence-corrected chi connectivity index (χ4v) is 3.75. The Morgan fingerprint density at radius 3 is 1.97 bits per heavy atom. The molecule has 2 amide bonds. The number of nitrogens with zero attached hydrogens (tertiary/aromatic N) is 1. The number of aryl methyl sites for hydroxylation is 2. The topological polar surface area (TPSA) is 54.0 Å². The molecule has 0 spiro atoms.